The van der Waals surface area contributed by atoms with E-state index in [9.17, 15) is 15.0 Å². The van der Waals surface area contributed by atoms with Crippen LogP contribution in [-0.2, 0) is 14.3 Å². The van der Waals surface area contributed by atoms with Crippen LogP contribution in [0, 0.1) is 11.8 Å². The summed E-state index contributed by atoms with van der Waals surface area (Å²) in [5.41, 5.74) is 0. The molecule has 1 saturated carbocycles. The number of carbonyl (C=O) groups is 1. The van der Waals surface area contributed by atoms with Gasteiger partial charge in [0, 0.05) is 17.9 Å². The molecule has 1 aromatic carbocycles. The van der Waals surface area contributed by atoms with Gasteiger partial charge in [0.15, 0.2) is 0 Å². The van der Waals surface area contributed by atoms with Gasteiger partial charge in [-0.3, -0.25) is 4.79 Å². The van der Waals surface area contributed by atoms with Crippen LogP contribution in [0.15, 0.2) is 36.4 Å². The van der Waals surface area contributed by atoms with Gasteiger partial charge in [0.1, 0.15) is 12.4 Å². The summed E-state index contributed by atoms with van der Waals surface area (Å²) in [6, 6.07) is 7.10. The van der Waals surface area contributed by atoms with Crippen LogP contribution >= 0.6 is 11.6 Å². The summed E-state index contributed by atoms with van der Waals surface area (Å²) in [7, 11) is 0. The first-order chi connectivity index (χ1) is 15.4. The summed E-state index contributed by atoms with van der Waals surface area (Å²) in [5, 5.41) is 30.4. The van der Waals surface area contributed by atoms with Gasteiger partial charge in [-0.15, -0.1) is 0 Å². The zero-order chi connectivity index (χ0) is 23.0. The molecule has 3 rings (SSSR count). The lowest BCUT2D eigenvalue weighted by Gasteiger charge is -2.30. The summed E-state index contributed by atoms with van der Waals surface area (Å²) < 4.78 is 17.7. The Morgan fingerprint density at radius 2 is 1.81 bits per heavy atom. The van der Waals surface area contributed by atoms with Crippen molar-refractivity contribution in [3.8, 4) is 5.75 Å². The highest BCUT2D eigenvalue weighted by atomic mass is 35.5. The van der Waals surface area contributed by atoms with Gasteiger partial charge in [0.25, 0.3) is 0 Å². The maximum absolute atomic E-state index is 10.6. The molecule has 1 aliphatic carbocycles. The van der Waals surface area contributed by atoms with E-state index in [-0.39, 0.29) is 24.9 Å². The smallest absolute Gasteiger partial charge is 0.303 e. The third-order valence-corrected chi connectivity index (χ3v) is 6.55. The molecule has 1 heterocycles. The topological polar surface area (TPSA) is 105 Å². The Hall–Kier alpha value is -1.64. The van der Waals surface area contributed by atoms with Gasteiger partial charge in [-0.25, -0.2) is 0 Å². The van der Waals surface area contributed by atoms with Gasteiger partial charge in [-0.1, -0.05) is 23.8 Å². The fourth-order valence-corrected chi connectivity index (χ4v) is 4.68. The average Bonchev–Trinajstić information content (AvgIpc) is 3.33. The quantitative estimate of drug-likeness (QED) is 0.316. The van der Waals surface area contributed by atoms with Crippen molar-refractivity contribution < 1.29 is 34.3 Å². The van der Waals surface area contributed by atoms with Crippen molar-refractivity contribution in [2.24, 2.45) is 11.8 Å². The van der Waals surface area contributed by atoms with E-state index in [1.54, 1.807) is 24.3 Å². The second-order valence-corrected chi connectivity index (χ2v) is 9.02. The number of hydrogen-bond donors (Lipinski definition) is 3. The molecule has 32 heavy (non-hydrogen) atoms. The number of carboxylic acids is 1. The van der Waals surface area contributed by atoms with Crippen LogP contribution in [0.1, 0.15) is 44.9 Å². The van der Waals surface area contributed by atoms with Gasteiger partial charge >= 0.3 is 5.97 Å². The minimum atomic E-state index is -0.871. The lowest BCUT2D eigenvalue weighted by atomic mass is 9.85. The highest BCUT2D eigenvalue weighted by Gasteiger charge is 2.44. The Bertz CT molecular complexity index is 745. The summed E-state index contributed by atoms with van der Waals surface area (Å²) >= 11 is 5.92. The highest BCUT2D eigenvalue weighted by molar-refractivity contribution is 6.30. The van der Waals surface area contributed by atoms with Crippen molar-refractivity contribution >= 4 is 17.6 Å². The van der Waals surface area contributed by atoms with E-state index in [4.69, 9.17) is 30.9 Å². The number of aliphatic hydroxyl groups is 2. The van der Waals surface area contributed by atoms with E-state index in [1.807, 2.05) is 12.2 Å². The van der Waals surface area contributed by atoms with Gasteiger partial charge in [-0.05, 0) is 68.2 Å². The van der Waals surface area contributed by atoms with Gasteiger partial charge in [0.05, 0.1) is 25.4 Å². The van der Waals surface area contributed by atoms with E-state index >= 15 is 0 Å². The van der Waals surface area contributed by atoms with Crippen LogP contribution < -0.4 is 4.74 Å². The van der Waals surface area contributed by atoms with Crippen molar-refractivity contribution in [1.82, 2.24) is 0 Å². The van der Waals surface area contributed by atoms with Crippen molar-refractivity contribution in [2.45, 2.75) is 62.9 Å². The minimum absolute atomic E-state index is 0.0589. The monoisotopic (exact) mass is 468 g/mol. The molecular formula is C24H33ClO7. The lowest BCUT2D eigenvalue weighted by molar-refractivity contribution is -0.185. The number of rotatable bonds is 12. The molecule has 8 heteroatoms. The third-order valence-electron chi connectivity index (χ3n) is 6.30. The Kier molecular flexibility index (Phi) is 9.37. The van der Waals surface area contributed by atoms with Gasteiger partial charge < -0.3 is 29.5 Å². The molecule has 0 amide bonds. The minimum Gasteiger partial charge on any atom is -0.488 e. The van der Waals surface area contributed by atoms with Crippen LogP contribution in [0.4, 0.5) is 0 Å². The number of allylic oxidation sites excluding steroid dienone is 2. The van der Waals surface area contributed by atoms with Crippen LogP contribution in [0.5, 0.6) is 5.75 Å². The molecule has 0 aromatic heterocycles. The van der Waals surface area contributed by atoms with Crippen LogP contribution in [0.2, 0.25) is 5.02 Å². The molecule has 0 radical (unpaired) electrons. The standard InChI is InChI=1S/C24H33ClO7/c25-17-7-9-18(10-8-17)30-16-24(31-13-14-32-24)12-11-20-19(21(26)15-22(20)27)5-3-1-2-4-6-23(28)29/h1,3,7-10,19-22,26-27H,2,4-6,11-16H2,(H,28,29)/b3-1-/t19-,20-,21-,22-/m1/s1. The zero-order valence-electron chi connectivity index (χ0n) is 18.2. The Morgan fingerprint density at radius 1 is 1.12 bits per heavy atom. The second-order valence-electron chi connectivity index (χ2n) is 8.58. The Morgan fingerprint density at radius 3 is 2.50 bits per heavy atom. The van der Waals surface area contributed by atoms with Crippen LogP contribution in [0.25, 0.3) is 0 Å². The summed E-state index contributed by atoms with van der Waals surface area (Å²) in [6.07, 6.45) is 6.43. The normalized spacial score (nSPS) is 27.2. The molecule has 2 fully saturated rings. The number of ether oxygens (including phenoxy) is 3. The number of hydrogen-bond acceptors (Lipinski definition) is 6. The number of unbranched alkanes of at least 4 members (excludes halogenated alkanes) is 1. The van der Waals surface area contributed by atoms with Gasteiger partial charge in [0.2, 0.25) is 5.79 Å². The first-order valence-electron chi connectivity index (χ1n) is 11.3. The SMILES string of the molecule is O=C(O)CCC/C=C\C[C@@H]1[C@@H](CCC2(COc3ccc(Cl)cc3)OCCO2)[C@H](O)C[C@H]1O. The number of benzene rings is 1. The molecule has 3 N–H and O–H groups in total. The first-order valence-corrected chi connectivity index (χ1v) is 11.7. The van der Waals surface area contributed by atoms with Gasteiger partial charge in [-0.2, -0.15) is 0 Å². The lowest BCUT2D eigenvalue weighted by Crippen LogP contribution is -2.38. The molecule has 0 spiro atoms. The Balaban J connectivity index is 1.53. The predicted octanol–water partition coefficient (Wildman–Crippen LogP) is 3.80. The number of carboxylic acid groups (broad SMARTS) is 1. The van der Waals surface area contributed by atoms with E-state index in [0.29, 0.717) is 62.5 Å². The third kappa shape index (κ3) is 7.18. The number of aliphatic carboxylic acids is 1. The van der Waals surface area contributed by atoms with E-state index in [2.05, 4.69) is 0 Å². The summed E-state index contributed by atoms with van der Waals surface area (Å²) in [4.78, 5) is 10.6. The van der Waals surface area contributed by atoms with E-state index in [1.165, 1.54) is 0 Å². The molecule has 0 unspecified atom stereocenters. The molecule has 1 aliphatic heterocycles. The van der Waals surface area contributed by atoms with Crippen molar-refractivity contribution in [1.29, 1.82) is 0 Å². The molecule has 4 atom stereocenters. The van der Waals surface area contributed by atoms with E-state index in [0.717, 1.165) is 0 Å². The predicted molar refractivity (Wildman–Crippen MR) is 120 cm³/mol. The first kappa shape index (κ1) is 25.0. The molecule has 1 aromatic rings. The molecule has 178 valence electrons. The summed E-state index contributed by atoms with van der Waals surface area (Å²) in [5.74, 6) is -1.12. The zero-order valence-corrected chi connectivity index (χ0v) is 19.0. The fourth-order valence-electron chi connectivity index (χ4n) is 4.56. The molecule has 2 aliphatic rings. The van der Waals surface area contributed by atoms with Crippen LogP contribution in [0.3, 0.4) is 0 Å². The van der Waals surface area contributed by atoms with Crippen molar-refractivity contribution in [3.05, 3.63) is 41.4 Å². The Labute approximate surface area is 193 Å². The van der Waals surface area contributed by atoms with Crippen molar-refractivity contribution in [2.75, 3.05) is 19.8 Å². The van der Waals surface area contributed by atoms with Crippen LogP contribution in [-0.4, -0.2) is 59.1 Å². The highest BCUT2D eigenvalue weighted by Crippen LogP contribution is 2.40. The molecule has 1 saturated heterocycles. The number of aliphatic hydroxyl groups excluding tert-OH is 2. The maximum Gasteiger partial charge on any atom is 0.303 e. The second kappa shape index (κ2) is 12.0. The van der Waals surface area contributed by atoms with Crippen molar-refractivity contribution in [3.63, 3.8) is 0 Å². The number of halogens is 1. The molecule has 0 bridgehead atoms. The van der Waals surface area contributed by atoms with E-state index < -0.39 is 24.0 Å². The average molecular weight is 469 g/mol. The largest absolute Gasteiger partial charge is 0.488 e. The fraction of sp³-hybridized carbons (Fsp3) is 0.625. The summed E-state index contributed by atoms with van der Waals surface area (Å²) in [6.45, 7) is 1.21. The maximum atomic E-state index is 10.6. The molecular weight excluding hydrogens is 436 g/mol. The molecule has 7 nitrogen and oxygen atoms in total.